The second-order valence-electron chi connectivity index (χ2n) is 10.8. The van der Waals surface area contributed by atoms with E-state index in [1.807, 2.05) is 6.07 Å². The van der Waals surface area contributed by atoms with Crippen LogP contribution in [-0.2, 0) is 13.1 Å². The fourth-order valence-electron chi connectivity index (χ4n) is 7.06. The van der Waals surface area contributed by atoms with Gasteiger partial charge in [0.2, 0.25) is 0 Å². The van der Waals surface area contributed by atoms with Crippen LogP contribution in [0.5, 0.6) is 0 Å². The molecule has 4 aliphatic rings. The fourth-order valence-corrected chi connectivity index (χ4v) is 7.06. The second-order valence-corrected chi connectivity index (χ2v) is 10.8. The Kier molecular flexibility index (Phi) is 6.17. The van der Waals surface area contributed by atoms with Crippen LogP contribution < -0.4 is 10.9 Å². The lowest BCUT2D eigenvalue weighted by Gasteiger charge is -2.38. The van der Waals surface area contributed by atoms with E-state index in [0.717, 1.165) is 43.8 Å². The molecular formula is C26H37N5O. The molecule has 0 spiro atoms. The lowest BCUT2D eigenvalue weighted by Crippen LogP contribution is -2.38. The summed E-state index contributed by atoms with van der Waals surface area (Å²) in [5, 5.41) is 12.3. The summed E-state index contributed by atoms with van der Waals surface area (Å²) in [4.78, 5) is 18.0. The highest BCUT2D eigenvalue weighted by atomic mass is 16.1. The summed E-state index contributed by atoms with van der Waals surface area (Å²) in [6.07, 6.45) is 8.00. The third kappa shape index (κ3) is 4.53. The van der Waals surface area contributed by atoms with Crippen molar-refractivity contribution in [2.45, 2.75) is 64.5 Å². The van der Waals surface area contributed by atoms with E-state index in [0.29, 0.717) is 23.5 Å². The van der Waals surface area contributed by atoms with Gasteiger partial charge in [-0.05, 0) is 74.3 Å². The van der Waals surface area contributed by atoms with Gasteiger partial charge in [0, 0.05) is 32.1 Å². The predicted molar refractivity (Wildman–Crippen MR) is 126 cm³/mol. The maximum Gasteiger partial charge on any atom is 0.274 e. The number of nitrogens with zero attached hydrogens (tertiary/aromatic N) is 3. The summed E-state index contributed by atoms with van der Waals surface area (Å²) < 4.78 is 0. The first-order chi connectivity index (χ1) is 15.5. The number of aromatic amines is 1. The van der Waals surface area contributed by atoms with Gasteiger partial charge in [0.1, 0.15) is 11.5 Å². The maximum absolute atomic E-state index is 12.7. The third-order valence-electron chi connectivity index (χ3n) is 8.33. The van der Waals surface area contributed by atoms with Crippen LogP contribution in [0, 0.1) is 23.2 Å². The van der Waals surface area contributed by atoms with Crippen molar-refractivity contribution in [2.24, 2.45) is 23.2 Å². The van der Waals surface area contributed by atoms with Crippen LogP contribution in [0.3, 0.4) is 0 Å². The second kappa shape index (κ2) is 9.06. The lowest BCUT2D eigenvalue weighted by molar-refractivity contribution is 0.140. The third-order valence-corrected chi connectivity index (χ3v) is 8.33. The molecule has 4 bridgehead atoms. The predicted octanol–water partition coefficient (Wildman–Crippen LogP) is 3.71. The molecule has 3 unspecified atom stereocenters. The molecule has 2 N–H and O–H groups in total. The monoisotopic (exact) mass is 435 g/mol. The van der Waals surface area contributed by atoms with Crippen molar-refractivity contribution in [2.75, 3.05) is 20.1 Å². The number of hydrogen-bond donors (Lipinski definition) is 2. The SMILES string of the molecule is CCC(CN(C)Cc1ccccc1)c1nnc(CNCC23CC4CC(C2)C(C4)C3)c(=O)[nH]1. The van der Waals surface area contributed by atoms with Crippen molar-refractivity contribution >= 4 is 0 Å². The molecule has 2 aromatic rings. The average molecular weight is 436 g/mol. The molecule has 0 saturated heterocycles. The average Bonchev–Trinajstić information content (AvgIpc) is 3.20. The zero-order chi connectivity index (χ0) is 22.1. The normalized spacial score (nSPS) is 29.2. The molecule has 1 aromatic heterocycles. The minimum Gasteiger partial charge on any atom is -0.310 e. The van der Waals surface area contributed by atoms with E-state index in [1.165, 1.54) is 37.7 Å². The molecule has 172 valence electrons. The van der Waals surface area contributed by atoms with Gasteiger partial charge in [-0.3, -0.25) is 4.79 Å². The Balaban J connectivity index is 1.16. The van der Waals surface area contributed by atoms with Gasteiger partial charge in [-0.25, -0.2) is 0 Å². The standard InChI is InChI=1S/C26H37N5O/c1-3-20(16-31(2)15-18-7-5-4-6-8-18)24-28-25(32)23(29-30-24)14-27-17-26-11-19-9-21(12-26)22(10-19)13-26/h4-8,19-22,27H,3,9-17H2,1-2H3,(H,28,30,32). The van der Waals surface area contributed by atoms with Gasteiger partial charge in [-0.1, -0.05) is 37.3 Å². The lowest BCUT2D eigenvalue weighted by atomic mass is 9.69. The minimum absolute atomic E-state index is 0.0973. The summed E-state index contributed by atoms with van der Waals surface area (Å²) >= 11 is 0. The Morgan fingerprint density at radius 1 is 1.16 bits per heavy atom. The van der Waals surface area contributed by atoms with Crippen LogP contribution >= 0.6 is 0 Å². The summed E-state index contributed by atoms with van der Waals surface area (Å²) in [6.45, 7) is 5.37. The van der Waals surface area contributed by atoms with Gasteiger partial charge in [0.05, 0.1) is 0 Å². The van der Waals surface area contributed by atoms with Gasteiger partial charge in [-0.2, -0.15) is 0 Å². The van der Waals surface area contributed by atoms with Crippen LogP contribution in [0.1, 0.15) is 68.4 Å². The minimum atomic E-state index is -0.0973. The number of nitrogens with one attached hydrogen (secondary N) is 2. The molecule has 0 amide bonds. The van der Waals surface area contributed by atoms with Crippen LogP contribution in [0.4, 0.5) is 0 Å². The first kappa shape index (κ1) is 21.8. The van der Waals surface area contributed by atoms with Crippen molar-refractivity contribution in [3.63, 3.8) is 0 Å². The van der Waals surface area contributed by atoms with Crippen molar-refractivity contribution in [3.05, 3.63) is 57.8 Å². The number of likely N-dealkylation sites (N-methyl/N-ethyl adjacent to an activating group) is 1. The van der Waals surface area contributed by atoms with Crippen molar-refractivity contribution in [1.82, 2.24) is 25.4 Å². The van der Waals surface area contributed by atoms with Gasteiger partial charge in [-0.15, -0.1) is 10.2 Å². The number of H-pyrrole nitrogens is 1. The van der Waals surface area contributed by atoms with Crippen LogP contribution in [0.2, 0.25) is 0 Å². The highest BCUT2D eigenvalue weighted by Crippen LogP contribution is 2.63. The van der Waals surface area contributed by atoms with E-state index >= 15 is 0 Å². The van der Waals surface area contributed by atoms with Gasteiger partial charge < -0.3 is 15.2 Å². The molecule has 6 nitrogen and oxygen atoms in total. The molecule has 1 heterocycles. The summed E-state index contributed by atoms with van der Waals surface area (Å²) in [5.41, 5.74) is 2.18. The van der Waals surface area contributed by atoms with Crippen LogP contribution in [0.25, 0.3) is 0 Å². The molecule has 4 aliphatic carbocycles. The molecule has 4 saturated carbocycles. The number of benzene rings is 1. The quantitative estimate of drug-likeness (QED) is 0.595. The van der Waals surface area contributed by atoms with E-state index in [9.17, 15) is 4.79 Å². The first-order valence-corrected chi connectivity index (χ1v) is 12.4. The topological polar surface area (TPSA) is 73.9 Å². The van der Waals surface area contributed by atoms with E-state index in [1.54, 1.807) is 0 Å². The van der Waals surface area contributed by atoms with Crippen molar-refractivity contribution in [3.8, 4) is 0 Å². The van der Waals surface area contributed by atoms with E-state index in [2.05, 4.69) is 63.6 Å². The molecule has 6 rings (SSSR count). The van der Waals surface area contributed by atoms with Crippen LogP contribution in [0.15, 0.2) is 35.1 Å². The number of aromatic nitrogens is 3. The Hall–Kier alpha value is -2.05. The molecule has 0 aliphatic heterocycles. The summed E-state index contributed by atoms with van der Waals surface area (Å²) in [6, 6.07) is 10.5. The Bertz CT molecular complexity index is 954. The Labute approximate surface area is 191 Å². The smallest absolute Gasteiger partial charge is 0.274 e. The van der Waals surface area contributed by atoms with Crippen molar-refractivity contribution < 1.29 is 0 Å². The summed E-state index contributed by atoms with van der Waals surface area (Å²) in [7, 11) is 2.11. The Morgan fingerprint density at radius 2 is 1.91 bits per heavy atom. The fraction of sp³-hybridized carbons (Fsp3) is 0.654. The molecule has 0 radical (unpaired) electrons. The summed E-state index contributed by atoms with van der Waals surface area (Å²) in [5.74, 6) is 3.77. The van der Waals surface area contributed by atoms with E-state index in [-0.39, 0.29) is 11.5 Å². The molecular weight excluding hydrogens is 398 g/mol. The highest BCUT2D eigenvalue weighted by Gasteiger charge is 2.55. The highest BCUT2D eigenvalue weighted by molar-refractivity contribution is 5.14. The zero-order valence-corrected chi connectivity index (χ0v) is 19.5. The molecule has 32 heavy (non-hydrogen) atoms. The number of hydrogen-bond acceptors (Lipinski definition) is 5. The van der Waals surface area contributed by atoms with Gasteiger partial charge >= 0.3 is 0 Å². The van der Waals surface area contributed by atoms with E-state index < -0.39 is 0 Å². The first-order valence-electron chi connectivity index (χ1n) is 12.4. The van der Waals surface area contributed by atoms with Crippen LogP contribution in [-0.4, -0.2) is 40.2 Å². The molecule has 6 heteroatoms. The number of rotatable bonds is 10. The van der Waals surface area contributed by atoms with Gasteiger partial charge in [0.15, 0.2) is 0 Å². The van der Waals surface area contributed by atoms with Gasteiger partial charge in [0.25, 0.3) is 5.56 Å². The molecule has 4 fully saturated rings. The molecule has 3 atom stereocenters. The van der Waals surface area contributed by atoms with E-state index in [4.69, 9.17) is 0 Å². The largest absolute Gasteiger partial charge is 0.310 e. The zero-order valence-electron chi connectivity index (χ0n) is 19.5. The Morgan fingerprint density at radius 3 is 2.56 bits per heavy atom. The maximum atomic E-state index is 12.7. The van der Waals surface area contributed by atoms with Crippen molar-refractivity contribution in [1.29, 1.82) is 0 Å². The molecule has 1 aromatic carbocycles.